The molecule has 1 heteroatoms. The lowest BCUT2D eigenvalue weighted by molar-refractivity contribution is 0.308. The lowest BCUT2D eigenvalue weighted by Crippen LogP contribution is -2.15. The highest BCUT2D eigenvalue weighted by atomic mass is 127. The molecule has 0 radical (unpaired) electrons. The first kappa shape index (κ1) is 17.8. The summed E-state index contributed by atoms with van der Waals surface area (Å²) >= 11 is 2.56. The van der Waals surface area contributed by atoms with Crippen LogP contribution in [0.2, 0.25) is 0 Å². The van der Waals surface area contributed by atoms with Gasteiger partial charge < -0.3 is 0 Å². The van der Waals surface area contributed by atoms with Gasteiger partial charge in [0.1, 0.15) is 0 Å². The van der Waals surface area contributed by atoms with E-state index >= 15 is 0 Å². The molecule has 0 nitrogen and oxygen atoms in total. The van der Waals surface area contributed by atoms with E-state index in [9.17, 15) is 0 Å². The number of alkyl halides is 1. The summed E-state index contributed by atoms with van der Waals surface area (Å²) in [6, 6.07) is 9.85. The van der Waals surface area contributed by atoms with Gasteiger partial charge in [-0.15, -0.1) is 0 Å². The van der Waals surface area contributed by atoms with Crippen LogP contribution < -0.4 is 0 Å². The summed E-state index contributed by atoms with van der Waals surface area (Å²) in [6.45, 7) is 2.33. The van der Waals surface area contributed by atoms with E-state index in [0.717, 1.165) is 23.7 Å². The average molecular weight is 424 g/mol. The van der Waals surface area contributed by atoms with Gasteiger partial charge in [0, 0.05) is 4.43 Å². The second-order valence-corrected chi connectivity index (χ2v) is 8.93. The largest absolute Gasteiger partial charge is 0.0861 e. The maximum atomic E-state index is 2.56. The predicted octanol–water partition coefficient (Wildman–Crippen LogP) is 7.47. The zero-order valence-corrected chi connectivity index (χ0v) is 16.9. The van der Waals surface area contributed by atoms with Crippen LogP contribution in [-0.4, -0.2) is 4.43 Å². The van der Waals surface area contributed by atoms with Crippen molar-refractivity contribution in [3.05, 3.63) is 35.4 Å². The van der Waals surface area contributed by atoms with Gasteiger partial charge in [0.2, 0.25) is 0 Å². The van der Waals surface area contributed by atoms with Gasteiger partial charge in [0.05, 0.1) is 0 Å². The molecule has 0 unspecified atom stereocenters. The van der Waals surface area contributed by atoms with E-state index in [1.54, 1.807) is 11.1 Å². The highest BCUT2D eigenvalue weighted by Gasteiger charge is 2.24. The standard InChI is InChI=1S/C22H33I/c1-2-3-17-4-8-19(9-5-17)21-12-14-22(15-13-21)20-10-6-18(16-23)7-11-20/h12-15,17-20H,2-11,16H2,1H3. The van der Waals surface area contributed by atoms with Gasteiger partial charge in [0.15, 0.2) is 0 Å². The van der Waals surface area contributed by atoms with Crippen LogP contribution in [0.25, 0.3) is 0 Å². The third kappa shape index (κ3) is 4.74. The van der Waals surface area contributed by atoms with Gasteiger partial charge in [-0.05, 0) is 86.2 Å². The van der Waals surface area contributed by atoms with Crippen LogP contribution in [0.5, 0.6) is 0 Å². The van der Waals surface area contributed by atoms with Crippen LogP contribution in [-0.2, 0) is 0 Å². The van der Waals surface area contributed by atoms with Crippen LogP contribution in [0.15, 0.2) is 24.3 Å². The molecule has 2 aliphatic carbocycles. The highest BCUT2D eigenvalue weighted by molar-refractivity contribution is 14.1. The quantitative estimate of drug-likeness (QED) is 0.340. The summed E-state index contributed by atoms with van der Waals surface area (Å²) in [7, 11) is 0. The van der Waals surface area contributed by atoms with E-state index in [0.29, 0.717) is 0 Å². The minimum absolute atomic E-state index is 0.837. The van der Waals surface area contributed by atoms with E-state index in [4.69, 9.17) is 0 Å². The third-order valence-electron chi connectivity index (χ3n) is 6.49. The van der Waals surface area contributed by atoms with Crippen LogP contribution in [0, 0.1) is 11.8 Å². The molecule has 0 aliphatic heterocycles. The van der Waals surface area contributed by atoms with Crippen LogP contribution in [0.1, 0.15) is 94.1 Å². The Balaban J connectivity index is 1.53. The van der Waals surface area contributed by atoms with Crippen molar-refractivity contribution in [3.63, 3.8) is 0 Å². The fourth-order valence-electron chi connectivity index (χ4n) is 4.88. The second kappa shape index (κ2) is 8.87. The van der Waals surface area contributed by atoms with E-state index in [1.807, 2.05) is 0 Å². The Morgan fingerprint density at radius 2 is 1.17 bits per heavy atom. The predicted molar refractivity (Wildman–Crippen MR) is 110 cm³/mol. The Bertz CT molecular complexity index is 447. The molecule has 2 aliphatic rings. The Morgan fingerprint density at radius 1 is 0.739 bits per heavy atom. The maximum absolute atomic E-state index is 2.56. The van der Waals surface area contributed by atoms with Crippen LogP contribution in [0.4, 0.5) is 0 Å². The van der Waals surface area contributed by atoms with Gasteiger partial charge >= 0.3 is 0 Å². The van der Waals surface area contributed by atoms with Gasteiger partial charge in [-0.25, -0.2) is 0 Å². The van der Waals surface area contributed by atoms with E-state index in [-0.39, 0.29) is 0 Å². The minimum Gasteiger partial charge on any atom is -0.0861 e. The summed E-state index contributed by atoms with van der Waals surface area (Å²) < 4.78 is 1.35. The maximum Gasteiger partial charge on any atom is 0.00237 e. The molecule has 2 fully saturated rings. The SMILES string of the molecule is CCCC1CCC(c2ccc(C3CCC(CI)CC3)cc2)CC1. The number of hydrogen-bond donors (Lipinski definition) is 0. The zero-order valence-electron chi connectivity index (χ0n) is 14.8. The summed E-state index contributed by atoms with van der Waals surface area (Å²) in [5, 5.41) is 0. The molecule has 0 atom stereocenters. The molecule has 0 N–H and O–H groups in total. The molecule has 0 saturated heterocycles. The number of rotatable bonds is 5. The molecular weight excluding hydrogens is 391 g/mol. The Hall–Kier alpha value is -0.0500. The van der Waals surface area contributed by atoms with Crippen molar-refractivity contribution < 1.29 is 0 Å². The molecule has 1 aromatic rings. The summed E-state index contributed by atoms with van der Waals surface area (Å²) in [5.41, 5.74) is 3.23. The minimum atomic E-state index is 0.837. The summed E-state index contributed by atoms with van der Waals surface area (Å²) in [4.78, 5) is 0. The van der Waals surface area contributed by atoms with Crippen molar-refractivity contribution >= 4 is 22.6 Å². The first-order valence-corrected chi connectivity index (χ1v) is 11.5. The van der Waals surface area contributed by atoms with E-state index in [2.05, 4.69) is 53.8 Å². The van der Waals surface area contributed by atoms with Gasteiger partial charge in [-0.3, -0.25) is 0 Å². The normalized spacial score (nSPS) is 31.9. The molecule has 128 valence electrons. The molecule has 0 amide bonds. The lowest BCUT2D eigenvalue weighted by Gasteiger charge is -2.30. The van der Waals surface area contributed by atoms with Crippen molar-refractivity contribution in [3.8, 4) is 0 Å². The van der Waals surface area contributed by atoms with E-state index < -0.39 is 0 Å². The Morgan fingerprint density at radius 3 is 1.57 bits per heavy atom. The molecule has 0 spiro atoms. The average Bonchev–Trinajstić information content (AvgIpc) is 2.63. The second-order valence-electron chi connectivity index (χ2n) is 8.04. The van der Waals surface area contributed by atoms with Crippen molar-refractivity contribution in [2.45, 2.75) is 83.0 Å². The first-order chi connectivity index (χ1) is 11.3. The summed E-state index contributed by atoms with van der Waals surface area (Å²) in [6.07, 6.45) is 14.3. The monoisotopic (exact) mass is 424 g/mol. The molecular formula is C22H33I. The molecule has 0 aromatic heterocycles. The Labute approximate surface area is 157 Å². The van der Waals surface area contributed by atoms with Crippen LogP contribution >= 0.6 is 22.6 Å². The Kier molecular flexibility index (Phi) is 6.85. The smallest absolute Gasteiger partial charge is 0.00237 e. The van der Waals surface area contributed by atoms with Gasteiger partial charge in [-0.2, -0.15) is 0 Å². The van der Waals surface area contributed by atoms with Crippen molar-refractivity contribution in [1.82, 2.24) is 0 Å². The van der Waals surface area contributed by atoms with Crippen molar-refractivity contribution in [1.29, 1.82) is 0 Å². The molecule has 1 aromatic carbocycles. The number of benzene rings is 1. The number of hydrogen-bond acceptors (Lipinski definition) is 0. The number of halogens is 1. The first-order valence-electron chi connectivity index (χ1n) is 9.96. The highest BCUT2D eigenvalue weighted by Crippen LogP contribution is 2.39. The van der Waals surface area contributed by atoms with Crippen LogP contribution in [0.3, 0.4) is 0 Å². The molecule has 2 saturated carbocycles. The lowest BCUT2D eigenvalue weighted by atomic mass is 9.76. The van der Waals surface area contributed by atoms with Crippen molar-refractivity contribution in [2.24, 2.45) is 11.8 Å². The van der Waals surface area contributed by atoms with Gasteiger partial charge in [0.25, 0.3) is 0 Å². The molecule has 23 heavy (non-hydrogen) atoms. The fraction of sp³-hybridized carbons (Fsp3) is 0.727. The van der Waals surface area contributed by atoms with Gasteiger partial charge in [-0.1, -0.05) is 66.6 Å². The summed E-state index contributed by atoms with van der Waals surface area (Å²) in [5.74, 6) is 3.68. The zero-order chi connectivity index (χ0) is 16.1. The third-order valence-corrected chi connectivity index (χ3v) is 7.73. The topological polar surface area (TPSA) is 0 Å². The molecule has 0 bridgehead atoms. The van der Waals surface area contributed by atoms with E-state index in [1.165, 1.54) is 68.6 Å². The molecule has 0 heterocycles. The molecule has 3 rings (SSSR count). The van der Waals surface area contributed by atoms with Crippen molar-refractivity contribution in [2.75, 3.05) is 4.43 Å². The fourth-order valence-corrected chi connectivity index (χ4v) is 5.76.